The Kier molecular flexibility index (Phi) is 6.18. The molecule has 5 heteroatoms. The summed E-state index contributed by atoms with van der Waals surface area (Å²) in [6.45, 7) is 7.51. The number of hydrogen-bond donors (Lipinski definition) is 3. The SMILES string of the molecule is CC(C)NC(=O)NC(=O)[C@H](C)[NH2+][C@@H](C)c1ccccc1. The van der Waals surface area contributed by atoms with E-state index in [4.69, 9.17) is 0 Å². The van der Waals surface area contributed by atoms with Crippen molar-refractivity contribution >= 4 is 11.9 Å². The van der Waals surface area contributed by atoms with Gasteiger partial charge in [-0.05, 0) is 27.7 Å². The number of hydrogen-bond acceptors (Lipinski definition) is 2. The molecule has 0 aliphatic carbocycles. The van der Waals surface area contributed by atoms with Crippen molar-refractivity contribution in [3.8, 4) is 0 Å². The molecule has 2 atom stereocenters. The van der Waals surface area contributed by atoms with Crippen LogP contribution in [0.1, 0.15) is 39.3 Å². The average molecular weight is 278 g/mol. The lowest BCUT2D eigenvalue weighted by Gasteiger charge is -2.17. The third-order valence-corrected chi connectivity index (χ3v) is 2.97. The quantitative estimate of drug-likeness (QED) is 0.749. The number of benzene rings is 1. The fraction of sp³-hybridized carbons (Fsp3) is 0.467. The summed E-state index contributed by atoms with van der Waals surface area (Å²) in [5.41, 5.74) is 1.15. The average Bonchev–Trinajstić information content (AvgIpc) is 2.38. The maximum Gasteiger partial charge on any atom is 0.321 e. The van der Waals surface area contributed by atoms with Crippen molar-refractivity contribution in [3.05, 3.63) is 35.9 Å². The van der Waals surface area contributed by atoms with Crippen LogP contribution in [0, 0.1) is 0 Å². The first-order valence-electron chi connectivity index (χ1n) is 6.91. The van der Waals surface area contributed by atoms with E-state index >= 15 is 0 Å². The van der Waals surface area contributed by atoms with Crippen molar-refractivity contribution in [2.45, 2.75) is 45.8 Å². The molecule has 20 heavy (non-hydrogen) atoms. The van der Waals surface area contributed by atoms with E-state index in [2.05, 4.69) is 10.6 Å². The van der Waals surface area contributed by atoms with Crippen molar-refractivity contribution in [1.82, 2.24) is 10.6 Å². The van der Waals surface area contributed by atoms with Gasteiger partial charge in [-0.1, -0.05) is 30.3 Å². The molecule has 0 aliphatic heterocycles. The molecule has 4 N–H and O–H groups in total. The van der Waals surface area contributed by atoms with E-state index < -0.39 is 6.03 Å². The second-order valence-corrected chi connectivity index (χ2v) is 5.30. The highest BCUT2D eigenvalue weighted by Crippen LogP contribution is 2.06. The first kappa shape index (κ1) is 16.2. The van der Waals surface area contributed by atoms with Gasteiger partial charge in [0, 0.05) is 11.6 Å². The van der Waals surface area contributed by atoms with Crippen LogP contribution in [-0.2, 0) is 4.79 Å². The Labute approximate surface area is 120 Å². The molecule has 0 saturated heterocycles. The summed E-state index contributed by atoms with van der Waals surface area (Å²) in [4.78, 5) is 23.4. The van der Waals surface area contributed by atoms with E-state index in [-0.39, 0.29) is 24.0 Å². The van der Waals surface area contributed by atoms with Crippen molar-refractivity contribution < 1.29 is 14.9 Å². The summed E-state index contributed by atoms with van der Waals surface area (Å²) in [6, 6.07) is 9.34. The Morgan fingerprint density at radius 1 is 1.05 bits per heavy atom. The molecule has 1 aromatic rings. The summed E-state index contributed by atoms with van der Waals surface area (Å²) >= 11 is 0. The molecule has 0 aromatic heterocycles. The number of carbonyl (C=O) groups is 2. The summed E-state index contributed by atoms with van der Waals surface area (Å²) < 4.78 is 0. The maximum atomic E-state index is 11.9. The molecular weight excluding hydrogens is 254 g/mol. The molecule has 0 unspecified atom stereocenters. The fourth-order valence-electron chi connectivity index (χ4n) is 1.91. The van der Waals surface area contributed by atoms with Gasteiger partial charge in [0.05, 0.1) is 0 Å². The van der Waals surface area contributed by atoms with Crippen LogP contribution in [0.2, 0.25) is 0 Å². The molecule has 5 nitrogen and oxygen atoms in total. The molecule has 0 aliphatic rings. The maximum absolute atomic E-state index is 11.9. The molecule has 3 amide bonds. The van der Waals surface area contributed by atoms with Gasteiger partial charge in [-0.25, -0.2) is 4.79 Å². The van der Waals surface area contributed by atoms with E-state index in [0.717, 1.165) is 5.56 Å². The molecule has 1 aromatic carbocycles. The number of amides is 3. The van der Waals surface area contributed by atoms with Crippen LogP contribution in [0.5, 0.6) is 0 Å². The lowest BCUT2D eigenvalue weighted by molar-refractivity contribution is -0.710. The highest BCUT2D eigenvalue weighted by atomic mass is 16.2. The number of urea groups is 1. The second-order valence-electron chi connectivity index (χ2n) is 5.30. The Hall–Kier alpha value is -1.88. The first-order chi connectivity index (χ1) is 9.40. The molecule has 1 rings (SSSR count). The van der Waals surface area contributed by atoms with Gasteiger partial charge < -0.3 is 10.6 Å². The van der Waals surface area contributed by atoms with Crippen molar-refractivity contribution in [3.63, 3.8) is 0 Å². The minimum Gasteiger partial charge on any atom is -0.336 e. The van der Waals surface area contributed by atoms with Crippen LogP contribution in [0.25, 0.3) is 0 Å². The zero-order valence-electron chi connectivity index (χ0n) is 12.5. The predicted octanol–water partition coefficient (Wildman–Crippen LogP) is 0.934. The van der Waals surface area contributed by atoms with Gasteiger partial charge in [0.2, 0.25) is 0 Å². The highest BCUT2D eigenvalue weighted by molar-refractivity contribution is 5.96. The highest BCUT2D eigenvalue weighted by Gasteiger charge is 2.21. The first-order valence-corrected chi connectivity index (χ1v) is 6.91. The summed E-state index contributed by atoms with van der Waals surface area (Å²) in [5.74, 6) is -0.286. The van der Waals surface area contributed by atoms with Crippen molar-refractivity contribution in [2.24, 2.45) is 0 Å². The van der Waals surface area contributed by atoms with E-state index in [1.54, 1.807) is 6.92 Å². The lowest BCUT2D eigenvalue weighted by atomic mass is 10.1. The van der Waals surface area contributed by atoms with Gasteiger partial charge in [-0.3, -0.25) is 10.1 Å². The minimum absolute atomic E-state index is 0.00493. The Bertz CT molecular complexity index is 446. The molecule has 0 fully saturated rings. The zero-order valence-corrected chi connectivity index (χ0v) is 12.5. The van der Waals surface area contributed by atoms with Crippen LogP contribution >= 0.6 is 0 Å². The van der Waals surface area contributed by atoms with Gasteiger partial charge in [0.15, 0.2) is 6.04 Å². The van der Waals surface area contributed by atoms with Crippen LogP contribution in [0.15, 0.2) is 30.3 Å². The van der Waals surface area contributed by atoms with Crippen LogP contribution in [-0.4, -0.2) is 24.0 Å². The third-order valence-electron chi connectivity index (χ3n) is 2.97. The van der Waals surface area contributed by atoms with Crippen molar-refractivity contribution in [1.29, 1.82) is 0 Å². The summed E-state index contributed by atoms with van der Waals surface area (Å²) in [6.07, 6.45) is 0. The second kappa shape index (κ2) is 7.65. The number of nitrogens with one attached hydrogen (secondary N) is 2. The topological polar surface area (TPSA) is 74.8 Å². The van der Waals surface area contributed by atoms with E-state index in [1.807, 2.05) is 56.4 Å². The molecule has 0 spiro atoms. The van der Waals surface area contributed by atoms with E-state index in [1.165, 1.54) is 0 Å². The van der Waals surface area contributed by atoms with Gasteiger partial charge in [0.1, 0.15) is 6.04 Å². The number of imide groups is 1. The molecule has 110 valence electrons. The molecule has 0 heterocycles. The molecule has 0 bridgehead atoms. The predicted molar refractivity (Wildman–Crippen MR) is 78.1 cm³/mol. The third kappa shape index (κ3) is 5.40. The van der Waals surface area contributed by atoms with Gasteiger partial charge in [-0.15, -0.1) is 0 Å². The minimum atomic E-state index is -0.447. The standard InChI is InChI=1S/C15H23N3O2/c1-10(2)16-15(20)18-14(19)12(4)17-11(3)13-8-6-5-7-9-13/h5-12,17H,1-4H3,(H2,16,18,19,20)/p+1/t11-,12-/m0/s1. The summed E-state index contributed by atoms with van der Waals surface area (Å²) in [5, 5.41) is 6.91. The normalized spacial score (nSPS) is 13.7. The monoisotopic (exact) mass is 278 g/mol. The number of rotatable bonds is 5. The molecule has 0 radical (unpaired) electrons. The smallest absolute Gasteiger partial charge is 0.321 e. The van der Waals surface area contributed by atoms with Crippen LogP contribution in [0.4, 0.5) is 4.79 Å². The van der Waals surface area contributed by atoms with Crippen LogP contribution in [0.3, 0.4) is 0 Å². The van der Waals surface area contributed by atoms with Gasteiger partial charge in [0.25, 0.3) is 5.91 Å². The fourth-order valence-corrected chi connectivity index (χ4v) is 1.91. The zero-order chi connectivity index (χ0) is 15.1. The number of nitrogens with two attached hydrogens (primary N) is 1. The van der Waals surface area contributed by atoms with E-state index in [9.17, 15) is 9.59 Å². The largest absolute Gasteiger partial charge is 0.336 e. The Morgan fingerprint density at radius 3 is 2.20 bits per heavy atom. The Balaban J connectivity index is 2.47. The molecule has 0 saturated carbocycles. The lowest BCUT2D eigenvalue weighted by Crippen LogP contribution is -2.92. The molecular formula is C15H24N3O2+. The van der Waals surface area contributed by atoms with E-state index in [0.29, 0.717) is 0 Å². The van der Waals surface area contributed by atoms with Gasteiger partial charge >= 0.3 is 6.03 Å². The number of quaternary nitrogens is 1. The number of carbonyl (C=O) groups excluding carboxylic acids is 2. The van der Waals surface area contributed by atoms with Gasteiger partial charge in [-0.2, -0.15) is 0 Å². The van der Waals surface area contributed by atoms with Crippen molar-refractivity contribution in [2.75, 3.05) is 0 Å². The Morgan fingerprint density at radius 2 is 1.65 bits per heavy atom. The van der Waals surface area contributed by atoms with Crippen LogP contribution < -0.4 is 16.0 Å². The summed E-state index contributed by atoms with van der Waals surface area (Å²) in [7, 11) is 0.